The van der Waals surface area contributed by atoms with Gasteiger partial charge in [-0.3, -0.25) is 4.57 Å². The van der Waals surface area contributed by atoms with Gasteiger partial charge in [-0.25, -0.2) is 22.9 Å². The molecule has 0 N–H and O–H groups in total. The minimum Gasteiger partial charge on any atom is -0.337 e. The Morgan fingerprint density at radius 1 is 1.32 bits per heavy atom. The second-order valence-electron chi connectivity index (χ2n) is 6.45. The Morgan fingerprint density at radius 2 is 2.04 bits per heavy atom. The van der Waals surface area contributed by atoms with E-state index in [9.17, 15) is 13.2 Å². The third-order valence-electron chi connectivity index (χ3n) is 4.79. The highest BCUT2D eigenvalue weighted by molar-refractivity contribution is 7.89. The molecule has 1 saturated heterocycles. The maximum atomic E-state index is 12.9. The average molecular weight is 368 g/mol. The smallest absolute Gasteiger partial charge is 0.337 e. The average Bonchev–Trinajstić information content (AvgIpc) is 3.08. The van der Waals surface area contributed by atoms with Crippen LogP contribution in [0.4, 0.5) is 0 Å². The highest BCUT2D eigenvalue weighted by Crippen LogP contribution is 2.28. The number of hydrogen-bond acceptors (Lipinski definition) is 5. The van der Waals surface area contributed by atoms with E-state index < -0.39 is 10.0 Å². The lowest BCUT2D eigenvalue weighted by molar-refractivity contribution is 0.303. The minimum atomic E-state index is -3.65. The molecule has 2 aromatic heterocycles. The molecular formula is C15H24N6O3S. The van der Waals surface area contributed by atoms with Crippen molar-refractivity contribution in [1.29, 1.82) is 0 Å². The number of piperidine rings is 1. The van der Waals surface area contributed by atoms with Gasteiger partial charge >= 0.3 is 5.69 Å². The summed E-state index contributed by atoms with van der Waals surface area (Å²) >= 11 is 0. The van der Waals surface area contributed by atoms with Gasteiger partial charge in [-0.1, -0.05) is 0 Å². The van der Waals surface area contributed by atoms with Gasteiger partial charge in [0, 0.05) is 45.8 Å². The highest BCUT2D eigenvalue weighted by atomic mass is 32.2. The Hall–Kier alpha value is -1.94. The zero-order chi connectivity index (χ0) is 18.4. The Kier molecular flexibility index (Phi) is 4.58. The van der Waals surface area contributed by atoms with Gasteiger partial charge in [-0.2, -0.15) is 9.40 Å². The first-order chi connectivity index (χ1) is 11.8. The number of imidazole rings is 1. The fourth-order valence-electron chi connectivity index (χ4n) is 3.28. The van der Waals surface area contributed by atoms with Crippen LogP contribution in [0.5, 0.6) is 0 Å². The summed E-state index contributed by atoms with van der Waals surface area (Å²) < 4.78 is 31.9. The molecular weight excluding hydrogens is 344 g/mol. The summed E-state index contributed by atoms with van der Waals surface area (Å²) in [7, 11) is -0.259. The van der Waals surface area contributed by atoms with Crippen LogP contribution in [0.2, 0.25) is 0 Å². The van der Waals surface area contributed by atoms with E-state index in [2.05, 4.69) is 10.1 Å². The van der Waals surface area contributed by atoms with Crippen LogP contribution in [0.3, 0.4) is 0 Å². The van der Waals surface area contributed by atoms with Gasteiger partial charge < -0.3 is 4.57 Å². The van der Waals surface area contributed by atoms with Crippen molar-refractivity contribution in [3.05, 3.63) is 28.3 Å². The molecule has 0 saturated carbocycles. The topological polar surface area (TPSA) is 95.0 Å². The van der Waals surface area contributed by atoms with Gasteiger partial charge in [0.1, 0.15) is 11.6 Å². The zero-order valence-corrected chi connectivity index (χ0v) is 15.8. The molecule has 2 aromatic rings. The second kappa shape index (κ2) is 6.41. The lowest BCUT2D eigenvalue weighted by Crippen LogP contribution is -2.40. The third-order valence-corrected chi connectivity index (χ3v) is 6.53. The summed E-state index contributed by atoms with van der Waals surface area (Å²) in [6.07, 6.45) is 3.07. The van der Waals surface area contributed by atoms with Gasteiger partial charge in [0.2, 0.25) is 0 Å². The Labute approximate surface area is 146 Å². The SMILES string of the molecule is CCn1c([C@H]2CCCN(S(=O)(=O)c3cn(C)c(C)n3)C2)nn(C)c1=O. The molecule has 1 aliphatic heterocycles. The first kappa shape index (κ1) is 17.9. The van der Waals surface area contributed by atoms with E-state index in [4.69, 9.17) is 0 Å². The molecule has 0 radical (unpaired) electrons. The lowest BCUT2D eigenvalue weighted by atomic mass is 9.99. The quantitative estimate of drug-likeness (QED) is 0.769. The summed E-state index contributed by atoms with van der Waals surface area (Å²) in [5, 5.41) is 4.41. The maximum absolute atomic E-state index is 12.9. The van der Waals surface area contributed by atoms with E-state index in [1.54, 1.807) is 30.2 Å². The van der Waals surface area contributed by atoms with Crippen LogP contribution < -0.4 is 5.69 Å². The van der Waals surface area contributed by atoms with Crippen molar-refractivity contribution in [2.24, 2.45) is 14.1 Å². The molecule has 3 heterocycles. The van der Waals surface area contributed by atoms with Crippen LogP contribution in [0.1, 0.15) is 37.3 Å². The fraction of sp³-hybridized carbons (Fsp3) is 0.667. The molecule has 0 amide bonds. The van der Waals surface area contributed by atoms with Gasteiger partial charge in [0.15, 0.2) is 5.03 Å². The molecule has 0 aliphatic carbocycles. The van der Waals surface area contributed by atoms with Crippen molar-refractivity contribution in [3.8, 4) is 0 Å². The van der Waals surface area contributed by atoms with Crippen LogP contribution in [0.15, 0.2) is 16.0 Å². The van der Waals surface area contributed by atoms with E-state index in [0.29, 0.717) is 31.3 Å². The minimum absolute atomic E-state index is 0.0713. The van der Waals surface area contributed by atoms with Crippen LogP contribution in [-0.4, -0.2) is 49.7 Å². The summed E-state index contributed by atoms with van der Waals surface area (Å²) in [5.41, 5.74) is -0.169. The van der Waals surface area contributed by atoms with Crippen LogP contribution >= 0.6 is 0 Å². The largest absolute Gasteiger partial charge is 0.345 e. The van der Waals surface area contributed by atoms with Crippen molar-refractivity contribution in [2.75, 3.05) is 13.1 Å². The van der Waals surface area contributed by atoms with Crippen molar-refractivity contribution >= 4 is 10.0 Å². The number of aryl methyl sites for hydroxylation is 3. The van der Waals surface area contributed by atoms with Crippen LogP contribution in [0.25, 0.3) is 0 Å². The fourth-order valence-corrected chi connectivity index (χ4v) is 4.83. The molecule has 138 valence electrons. The standard InChI is InChI=1S/C15H24N6O3S/c1-5-21-14(17-19(4)15(21)22)12-7-6-8-20(9-12)25(23,24)13-10-18(3)11(2)16-13/h10,12H,5-9H2,1-4H3/t12-/m0/s1. The van der Waals surface area contributed by atoms with E-state index >= 15 is 0 Å². The van der Waals surface area contributed by atoms with E-state index in [0.717, 1.165) is 12.8 Å². The molecule has 9 nitrogen and oxygen atoms in total. The van der Waals surface area contributed by atoms with Crippen LogP contribution in [0, 0.1) is 6.92 Å². The number of aromatic nitrogens is 5. The van der Waals surface area contributed by atoms with E-state index in [-0.39, 0.29) is 16.6 Å². The predicted molar refractivity (Wildman–Crippen MR) is 91.8 cm³/mol. The maximum Gasteiger partial charge on any atom is 0.345 e. The Bertz CT molecular complexity index is 920. The number of sulfonamides is 1. The number of rotatable bonds is 4. The normalized spacial score (nSPS) is 19.4. The monoisotopic (exact) mass is 368 g/mol. The van der Waals surface area contributed by atoms with Crippen molar-refractivity contribution in [1.82, 2.24) is 28.2 Å². The molecule has 0 aromatic carbocycles. The van der Waals surface area contributed by atoms with Crippen molar-refractivity contribution in [3.63, 3.8) is 0 Å². The molecule has 10 heteroatoms. The molecule has 1 aliphatic rings. The molecule has 3 rings (SSSR count). The van der Waals surface area contributed by atoms with E-state index in [1.165, 1.54) is 15.2 Å². The predicted octanol–water partition coefficient (Wildman–Crippen LogP) is 0.212. The second-order valence-corrected chi connectivity index (χ2v) is 8.33. The van der Waals surface area contributed by atoms with Gasteiger partial charge in [0.25, 0.3) is 10.0 Å². The number of hydrogen-bond donors (Lipinski definition) is 0. The van der Waals surface area contributed by atoms with Crippen molar-refractivity contribution < 1.29 is 8.42 Å². The third kappa shape index (κ3) is 3.04. The highest BCUT2D eigenvalue weighted by Gasteiger charge is 2.34. The first-order valence-electron chi connectivity index (χ1n) is 8.39. The molecule has 1 fully saturated rings. The molecule has 0 unspecified atom stereocenters. The van der Waals surface area contributed by atoms with Crippen LogP contribution in [-0.2, 0) is 30.7 Å². The first-order valence-corrected chi connectivity index (χ1v) is 9.83. The molecule has 0 spiro atoms. The summed E-state index contributed by atoms with van der Waals surface area (Å²) in [6.45, 7) is 4.95. The Balaban J connectivity index is 1.91. The molecule has 1 atom stereocenters. The number of nitrogens with zero attached hydrogens (tertiary/aromatic N) is 6. The van der Waals surface area contributed by atoms with Gasteiger partial charge in [-0.15, -0.1) is 0 Å². The van der Waals surface area contributed by atoms with Gasteiger partial charge in [0.05, 0.1) is 0 Å². The van der Waals surface area contributed by atoms with E-state index in [1.807, 2.05) is 6.92 Å². The summed E-state index contributed by atoms with van der Waals surface area (Å²) in [5.74, 6) is 1.21. The lowest BCUT2D eigenvalue weighted by Gasteiger charge is -2.30. The van der Waals surface area contributed by atoms with Gasteiger partial charge in [-0.05, 0) is 26.7 Å². The Morgan fingerprint density at radius 3 is 2.64 bits per heavy atom. The molecule has 25 heavy (non-hydrogen) atoms. The summed E-state index contributed by atoms with van der Waals surface area (Å²) in [6, 6.07) is 0. The van der Waals surface area contributed by atoms with Crippen molar-refractivity contribution in [2.45, 2.75) is 44.2 Å². The summed E-state index contributed by atoms with van der Waals surface area (Å²) in [4.78, 5) is 16.3. The zero-order valence-electron chi connectivity index (χ0n) is 15.0. The molecule has 0 bridgehead atoms.